The van der Waals surface area contributed by atoms with Gasteiger partial charge in [-0.2, -0.15) is 0 Å². The van der Waals surface area contributed by atoms with Crippen LogP contribution >= 0.6 is 0 Å². The summed E-state index contributed by atoms with van der Waals surface area (Å²) < 4.78 is 7.00. The average molecular weight is 174 g/mol. The Labute approximate surface area is 90.9 Å². The third kappa shape index (κ3) is 1.03. The van der Waals surface area contributed by atoms with Gasteiger partial charge in [-0.15, -0.1) is 0 Å². The molecule has 0 unspecified atom stereocenters. The van der Waals surface area contributed by atoms with Crippen molar-refractivity contribution in [2.24, 2.45) is 0 Å². The molecule has 0 radical (unpaired) electrons. The molecule has 0 bridgehead atoms. The topological polar surface area (TPSA) is 13.1 Å². The molecule has 0 aliphatic carbocycles. The number of fused-ring (bicyclic) bond motifs is 3. The molecule has 1 heterocycles. The minimum atomic E-state index is 0.969. The van der Waals surface area contributed by atoms with Crippen LogP contribution in [-0.4, -0.2) is 17.7 Å². The standard InChI is InChI=1S/C12H7O.Li/c1-3-7-11-9(5-1)10-6-2-4-8-12(10)13-11;/h1-5,7-8H;. The molecule has 2 heteroatoms. The van der Waals surface area contributed by atoms with Crippen molar-refractivity contribution in [3.8, 4) is 0 Å². The molecular formula is C12H7LiO. The zero-order chi connectivity index (χ0) is 9.54. The van der Waals surface area contributed by atoms with Gasteiger partial charge in [-0.1, -0.05) is 0 Å². The van der Waals surface area contributed by atoms with Crippen molar-refractivity contribution >= 4 is 43.9 Å². The summed E-state index contributed by atoms with van der Waals surface area (Å²) in [5, 5.41) is 2.45. The second kappa shape index (κ2) is 2.92. The maximum absolute atomic E-state index is 5.73. The number of para-hydroxylation sites is 1. The van der Waals surface area contributed by atoms with Gasteiger partial charge in [0.25, 0.3) is 0 Å². The molecule has 3 aromatic rings. The zero-order valence-electron chi connectivity index (χ0n) is 7.95. The van der Waals surface area contributed by atoms with Crippen LogP contribution in [0.1, 0.15) is 0 Å². The molecule has 0 saturated heterocycles. The monoisotopic (exact) mass is 174 g/mol. The van der Waals surface area contributed by atoms with Crippen LogP contribution in [0.5, 0.6) is 0 Å². The predicted octanol–water partition coefficient (Wildman–Crippen LogP) is 2.38. The van der Waals surface area contributed by atoms with E-state index in [9.17, 15) is 0 Å². The third-order valence-corrected chi connectivity index (χ3v) is 2.61. The van der Waals surface area contributed by atoms with E-state index >= 15 is 0 Å². The van der Waals surface area contributed by atoms with Gasteiger partial charge in [0.15, 0.2) is 0 Å². The van der Waals surface area contributed by atoms with Crippen LogP contribution in [0.4, 0.5) is 0 Å². The van der Waals surface area contributed by atoms with E-state index in [1.165, 1.54) is 15.0 Å². The third-order valence-electron chi connectivity index (χ3n) is 2.61. The van der Waals surface area contributed by atoms with Gasteiger partial charge in [0.2, 0.25) is 0 Å². The molecular weight excluding hydrogens is 167 g/mol. The van der Waals surface area contributed by atoms with Gasteiger partial charge in [-0.25, -0.2) is 0 Å². The van der Waals surface area contributed by atoms with E-state index in [2.05, 4.69) is 29.8 Å². The van der Waals surface area contributed by atoms with Gasteiger partial charge >= 0.3 is 90.8 Å². The number of furan rings is 1. The van der Waals surface area contributed by atoms with Crippen LogP contribution in [0.3, 0.4) is 0 Å². The van der Waals surface area contributed by atoms with Crippen LogP contribution in [0.2, 0.25) is 0 Å². The van der Waals surface area contributed by atoms with Gasteiger partial charge in [0, 0.05) is 0 Å². The Kier molecular flexibility index (Phi) is 1.70. The first-order valence-electron chi connectivity index (χ1n) is 4.73. The average Bonchev–Trinajstić information content (AvgIpc) is 2.57. The molecule has 0 saturated carbocycles. The van der Waals surface area contributed by atoms with Crippen LogP contribution in [-0.2, 0) is 0 Å². The Morgan fingerprint density at radius 3 is 2.57 bits per heavy atom. The summed E-state index contributed by atoms with van der Waals surface area (Å²) in [7, 11) is 0. The quantitative estimate of drug-likeness (QED) is 0.477. The molecule has 2 aromatic carbocycles. The van der Waals surface area contributed by atoms with E-state index in [1.807, 2.05) is 30.3 Å². The summed E-state index contributed by atoms with van der Waals surface area (Å²) in [6.45, 7) is 0. The number of hydrogen-bond acceptors (Lipinski definition) is 1. The summed E-state index contributed by atoms with van der Waals surface area (Å²) in [5.41, 5.74) is 1.95. The first-order chi connectivity index (χ1) is 6.86. The Morgan fingerprint density at radius 2 is 1.64 bits per heavy atom. The van der Waals surface area contributed by atoms with E-state index in [0.717, 1.165) is 11.2 Å². The molecule has 1 aromatic heterocycles. The van der Waals surface area contributed by atoms with Gasteiger partial charge in [-0.05, 0) is 0 Å². The molecule has 0 fully saturated rings. The fraction of sp³-hybridized carbons (Fsp3) is 0. The molecule has 0 atom stereocenters. The second-order valence-corrected chi connectivity index (χ2v) is 3.55. The second-order valence-electron chi connectivity index (χ2n) is 3.55. The van der Waals surface area contributed by atoms with E-state index in [1.54, 1.807) is 0 Å². The molecule has 0 N–H and O–H groups in total. The van der Waals surface area contributed by atoms with E-state index in [4.69, 9.17) is 4.42 Å². The maximum atomic E-state index is 5.73. The molecule has 0 spiro atoms. The SMILES string of the molecule is [Li][c]1cccc2oc3ccccc3c12. The predicted molar refractivity (Wildman–Crippen MR) is 59.1 cm³/mol. The summed E-state index contributed by atoms with van der Waals surface area (Å²) in [4.78, 5) is 0. The molecule has 0 aliphatic heterocycles. The van der Waals surface area contributed by atoms with Crippen molar-refractivity contribution in [1.29, 1.82) is 0 Å². The van der Waals surface area contributed by atoms with Gasteiger partial charge < -0.3 is 0 Å². The van der Waals surface area contributed by atoms with E-state index in [-0.39, 0.29) is 0 Å². The number of hydrogen-bond donors (Lipinski definition) is 0. The first-order valence-corrected chi connectivity index (χ1v) is 4.73. The summed E-state index contributed by atoms with van der Waals surface area (Å²) in [5.74, 6) is 0. The molecule has 0 aliphatic rings. The Balaban J connectivity index is 2.65. The molecule has 1 nitrogen and oxygen atoms in total. The Bertz CT molecular complexity index is 610. The zero-order valence-corrected chi connectivity index (χ0v) is 7.95. The van der Waals surface area contributed by atoms with Crippen LogP contribution in [0.15, 0.2) is 46.9 Å². The fourth-order valence-corrected chi connectivity index (χ4v) is 1.95. The van der Waals surface area contributed by atoms with Crippen molar-refractivity contribution in [2.45, 2.75) is 0 Å². The molecule has 14 heavy (non-hydrogen) atoms. The Morgan fingerprint density at radius 1 is 0.857 bits per heavy atom. The fourth-order valence-electron chi connectivity index (χ4n) is 1.95. The van der Waals surface area contributed by atoms with E-state index < -0.39 is 0 Å². The normalized spacial score (nSPS) is 11.3. The molecule has 3 rings (SSSR count). The minimum absolute atomic E-state index is 0.969. The van der Waals surface area contributed by atoms with Gasteiger partial charge in [0.05, 0.1) is 0 Å². The van der Waals surface area contributed by atoms with Crippen LogP contribution in [0.25, 0.3) is 21.9 Å². The summed E-state index contributed by atoms with van der Waals surface area (Å²) in [6, 6.07) is 14.3. The van der Waals surface area contributed by atoms with Crippen molar-refractivity contribution < 1.29 is 4.42 Å². The summed E-state index contributed by atoms with van der Waals surface area (Å²) in [6.07, 6.45) is 0. The molecule has 0 amide bonds. The van der Waals surface area contributed by atoms with Crippen molar-refractivity contribution in [2.75, 3.05) is 0 Å². The van der Waals surface area contributed by atoms with E-state index in [0.29, 0.717) is 0 Å². The van der Waals surface area contributed by atoms with Gasteiger partial charge in [0.1, 0.15) is 0 Å². The van der Waals surface area contributed by atoms with Crippen LogP contribution in [0, 0.1) is 0 Å². The van der Waals surface area contributed by atoms with Gasteiger partial charge in [-0.3, -0.25) is 0 Å². The van der Waals surface area contributed by atoms with Crippen LogP contribution < -0.4 is 4.24 Å². The number of benzene rings is 2. The number of rotatable bonds is 0. The first kappa shape index (κ1) is 8.17. The van der Waals surface area contributed by atoms with Crippen molar-refractivity contribution in [1.82, 2.24) is 0 Å². The molecule has 62 valence electrons. The van der Waals surface area contributed by atoms with Crippen molar-refractivity contribution in [3.05, 3.63) is 42.5 Å². The van der Waals surface area contributed by atoms with Crippen molar-refractivity contribution in [3.63, 3.8) is 0 Å². The Hall–Kier alpha value is -1.16. The summed E-state index contributed by atoms with van der Waals surface area (Å²) >= 11 is 2.12.